The zero-order chi connectivity index (χ0) is 21.8. The average molecular weight is 411 g/mol. The predicted octanol–water partition coefficient (Wildman–Crippen LogP) is 7.66. The van der Waals surface area contributed by atoms with Crippen molar-refractivity contribution in [2.24, 2.45) is 16.1 Å². The highest BCUT2D eigenvalue weighted by Gasteiger charge is 2.14. The monoisotopic (exact) mass is 410 g/mol. The molecular formula is C25H34N2O3. The van der Waals surface area contributed by atoms with Gasteiger partial charge in [-0.05, 0) is 49.1 Å². The van der Waals surface area contributed by atoms with Crippen molar-refractivity contribution in [3.63, 3.8) is 0 Å². The minimum absolute atomic E-state index is 0.0760. The van der Waals surface area contributed by atoms with E-state index in [2.05, 4.69) is 29.3 Å². The van der Waals surface area contributed by atoms with E-state index in [1.54, 1.807) is 12.1 Å². The lowest BCUT2D eigenvalue weighted by Crippen LogP contribution is -2.16. The van der Waals surface area contributed by atoms with Gasteiger partial charge in [0, 0.05) is 6.07 Å². The second-order valence-electron chi connectivity index (χ2n) is 7.77. The van der Waals surface area contributed by atoms with Gasteiger partial charge < -0.3 is 9.84 Å². The Kier molecular flexibility index (Phi) is 10.1. The first-order chi connectivity index (χ1) is 14.5. The molecule has 162 valence electrons. The SMILES string of the molecule is CCCCCCCCc1ccc(N=Nc2ccc(OC(=O)C(C)CC)cc2O)cc1. The summed E-state index contributed by atoms with van der Waals surface area (Å²) in [6.07, 6.45) is 9.56. The van der Waals surface area contributed by atoms with E-state index in [4.69, 9.17) is 4.74 Å². The molecule has 0 amide bonds. The van der Waals surface area contributed by atoms with Crippen LogP contribution < -0.4 is 4.74 Å². The van der Waals surface area contributed by atoms with Gasteiger partial charge in [0.25, 0.3) is 0 Å². The Morgan fingerprint density at radius 2 is 1.67 bits per heavy atom. The van der Waals surface area contributed by atoms with Crippen LogP contribution in [0.25, 0.3) is 0 Å². The fraction of sp³-hybridized carbons (Fsp3) is 0.480. The molecule has 1 unspecified atom stereocenters. The van der Waals surface area contributed by atoms with Crippen LogP contribution in [-0.2, 0) is 11.2 Å². The first-order valence-electron chi connectivity index (χ1n) is 11.1. The largest absolute Gasteiger partial charge is 0.505 e. The third-order valence-electron chi connectivity index (χ3n) is 5.21. The van der Waals surface area contributed by atoms with E-state index in [1.165, 1.54) is 50.2 Å². The van der Waals surface area contributed by atoms with Crippen molar-refractivity contribution in [1.82, 2.24) is 0 Å². The molecule has 0 saturated heterocycles. The molecule has 0 aliphatic carbocycles. The number of carbonyl (C=O) groups is 1. The molecule has 2 aromatic carbocycles. The molecule has 0 spiro atoms. The van der Waals surface area contributed by atoms with Crippen LogP contribution in [0.4, 0.5) is 11.4 Å². The number of unbranched alkanes of at least 4 members (excludes halogenated alkanes) is 5. The minimum Gasteiger partial charge on any atom is -0.505 e. The van der Waals surface area contributed by atoms with Crippen LogP contribution in [0.2, 0.25) is 0 Å². The number of hydrogen-bond acceptors (Lipinski definition) is 5. The third kappa shape index (κ3) is 7.97. The molecule has 0 aromatic heterocycles. The van der Waals surface area contributed by atoms with Gasteiger partial charge in [0.15, 0.2) is 0 Å². The van der Waals surface area contributed by atoms with Crippen molar-refractivity contribution in [2.45, 2.75) is 72.1 Å². The van der Waals surface area contributed by atoms with Gasteiger partial charge in [-0.3, -0.25) is 4.79 Å². The standard InChI is InChI=1S/C25H34N2O3/c1-4-6-7-8-9-10-11-20-12-14-21(15-13-20)26-27-23-17-16-22(18-24(23)28)30-25(29)19(3)5-2/h12-19,28H,4-11H2,1-3H3. The normalized spacial score (nSPS) is 12.2. The molecule has 0 aliphatic rings. The summed E-state index contributed by atoms with van der Waals surface area (Å²) in [5.74, 6) is -0.272. The van der Waals surface area contributed by atoms with Crippen molar-refractivity contribution < 1.29 is 14.6 Å². The van der Waals surface area contributed by atoms with Crippen molar-refractivity contribution in [3.8, 4) is 11.5 Å². The van der Waals surface area contributed by atoms with Crippen LogP contribution in [-0.4, -0.2) is 11.1 Å². The lowest BCUT2D eigenvalue weighted by atomic mass is 10.0. The second kappa shape index (κ2) is 12.8. The Balaban J connectivity index is 1.87. The molecule has 1 N–H and O–H groups in total. The molecular weight excluding hydrogens is 376 g/mol. The predicted molar refractivity (Wildman–Crippen MR) is 121 cm³/mol. The van der Waals surface area contributed by atoms with E-state index in [0.717, 1.165) is 12.1 Å². The Labute approximate surface area is 180 Å². The Morgan fingerprint density at radius 3 is 2.33 bits per heavy atom. The highest BCUT2D eigenvalue weighted by Crippen LogP contribution is 2.32. The first-order valence-corrected chi connectivity index (χ1v) is 11.1. The van der Waals surface area contributed by atoms with Crippen molar-refractivity contribution in [1.29, 1.82) is 0 Å². The van der Waals surface area contributed by atoms with Crippen molar-refractivity contribution in [2.75, 3.05) is 0 Å². The number of nitrogens with zero attached hydrogens (tertiary/aromatic N) is 2. The quantitative estimate of drug-likeness (QED) is 0.169. The van der Waals surface area contributed by atoms with E-state index in [1.807, 2.05) is 26.0 Å². The smallest absolute Gasteiger partial charge is 0.314 e. The Hall–Kier alpha value is -2.69. The number of phenols is 1. The summed E-state index contributed by atoms with van der Waals surface area (Å²) >= 11 is 0. The fourth-order valence-corrected chi connectivity index (χ4v) is 2.99. The molecule has 5 heteroatoms. The van der Waals surface area contributed by atoms with E-state index in [9.17, 15) is 9.90 Å². The summed E-state index contributed by atoms with van der Waals surface area (Å²) in [6, 6.07) is 12.6. The molecule has 2 aromatic rings. The van der Waals surface area contributed by atoms with Crippen LogP contribution in [0.1, 0.15) is 71.3 Å². The van der Waals surface area contributed by atoms with Crippen LogP contribution in [0.5, 0.6) is 11.5 Å². The minimum atomic E-state index is -0.313. The zero-order valence-corrected chi connectivity index (χ0v) is 18.4. The molecule has 0 fully saturated rings. The molecule has 30 heavy (non-hydrogen) atoms. The molecule has 2 rings (SSSR count). The van der Waals surface area contributed by atoms with Gasteiger partial charge in [0.1, 0.15) is 17.2 Å². The van der Waals surface area contributed by atoms with E-state index in [-0.39, 0.29) is 17.6 Å². The molecule has 5 nitrogen and oxygen atoms in total. The summed E-state index contributed by atoms with van der Waals surface area (Å²) in [4.78, 5) is 11.9. The highest BCUT2D eigenvalue weighted by atomic mass is 16.5. The fourth-order valence-electron chi connectivity index (χ4n) is 2.99. The molecule has 0 radical (unpaired) electrons. The van der Waals surface area contributed by atoms with Crippen molar-refractivity contribution in [3.05, 3.63) is 48.0 Å². The van der Waals surface area contributed by atoms with Gasteiger partial charge in [-0.1, -0.05) is 65.0 Å². The van der Waals surface area contributed by atoms with Gasteiger partial charge in [0.05, 0.1) is 11.6 Å². The number of phenolic OH excluding ortho intramolecular Hbond substituents is 1. The maximum atomic E-state index is 11.9. The highest BCUT2D eigenvalue weighted by molar-refractivity contribution is 5.75. The third-order valence-corrected chi connectivity index (χ3v) is 5.21. The van der Waals surface area contributed by atoms with E-state index < -0.39 is 0 Å². The first kappa shape index (κ1) is 23.6. The lowest BCUT2D eigenvalue weighted by Gasteiger charge is -2.09. The average Bonchev–Trinajstić information content (AvgIpc) is 2.75. The van der Waals surface area contributed by atoms with Gasteiger partial charge in [-0.2, -0.15) is 5.11 Å². The van der Waals surface area contributed by atoms with Crippen LogP contribution in [0.3, 0.4) is 0 Å². The number of aromatic hydroxyl groups is 1. The zero-order valence-electron chi connectivity index (χ0n) is 18.4. The number of ether oxygens (including phenoxy) is 1. The Bertz CT molecular complexity index is 816. The van der Waals surface area contributed by atoms with Gasteiger partial charge in [0.2, 0.25) is 0 Å². The number of aryl methyl sites for hydroxylation is 1. The van der Waals surface area contributed by atoms with Crippen LogP contribution in [0, 0.1) is 5.92 Å². The van der Waals surface area contributed by atoms with Crippen LogP contribution >= 0.6 is 0 Å². The van der Waals surface area contributed by atoms with Gasteiger partial charge in [-0.15, -0.1) is 5.11 Å². The summed E-state index contributed by atoms with van der Waals surface area (Å²) in [5.41, 5.74) is 2.36. The van der Waals surface area contributed by atoms with Gasteiger partial charge >= 0.3 is 5.97 Å². The maximum Gasteiger partial charge on any atom is 0.314 e. The number of azo groups is 1. The van der Waals surface area contributed by atoms with Crippen molar-refractivity contribution >= 4 is 17.3 Å². The summed E-state index contributed by atoms with van der Waals surface area (Å²) in [5, 5.41) is 18.5. The topological polar surface area (TPSA) is 71.2 Å². The number of esters is 1. The summed E-state index contributed by atoms with van der Waals surface area (Å²) in [6.45, 7) is 5.97. The van der Waals surface area contributed by atoms with E-state index in [0.29, 0.717) is 17.9 Å². The Morgan fingerprint density at radius 1 is 0.967 bits per heavy atom. The van der Waals surface area contributed by atoms with Gasteiger partial charge in [-0.25, -0.2) is 0 Å². The second-order valence-corrected chi connectivity index (χ2v) is 7.77. The molecule has 0 aliphatic heterocycles. The lowest BCUT2D eigenvalue weighted by molar-refractivity contribution is -0.138. The van der Waals surface area contributed by atoms with E-state index >= 15 is 0 Å². The number of rotatable bonds is 12. The summed E-state index contributed by atoms with van der Waals surface area (Å²) < 4.78 is 5.27. The molecule has 0 heterocycles. The molecule has 0 bridgehead atoms. The number of carbonyl (C=O) groups excluding carboxylic acids is 1. The maximum absolute atomic E-state index is 11.9. The van der Waals surface area contributed by atoms with Crippen LogP contribution in [0.15, 0.2) is 52.7 Å². The number of hydrogen-bond donors (Lipinski definition) is 1. The number of benzene rings is 2. The molecule has 0 saturated carbocycles. The summed E-state index contributed by atoms with van der Waals surface area (Å²) in [7, 11) is 0. The molecule has 1 atom stereocenters.